The number of furan rings is 1. The second-order valence-electron chi connectivity index (χ2n) is 10.6. The largest absolute Gasteiger partial charge is 0.456 e. The number of hydrogen-bond acceptors (Lipinski definition) is 2. The molecular formula is C40H27NO. The van der Waals surface area contributed by atoms with Crippen LogP contribution in [0.4, 0.5) is 17.1 Å². The quantitative estimate of drug-likeness (QED) is 0.217. The van der Waals surface area contributed by atoms with Crippen molar-refractivity contribution in [3.05, 3.63) is 164 Å². The number of nitrogens with zero attached hydrogens (tertiary/aromatic N) is 1. The second kappa shape index (κ2) is 10.1. The molecule has 8 aromatic rings. The number of anilines is 3. The fourth-order valence-electron chi connectivity index (χ4n) is 6.05. The van der Waals surface area contributed by atoms with Crippen LogP contribution in [0, 0.1) is 0 Å². The highest BCUT2D eigenvalue weighted by Crippen LogP contribution is 2.41. The van der Waals surface area contributed by atoms with E-state index in [0.717, 1.165) is 39.0 Å². The number of hydrogen-bond donors (Lipinski definition) is 0. The molecule has 0 atom stereocenters. The van der Waals surface area contributed by atoms with Gasteiger partial charge in [0.2, 0.25) is 0 Å². The Bertz CT molecular complexity index is 2200. The predicted molar refractivity (Wildman–Crippen MR) is 177 cm³/mol. The maximum atomic E-state index is 6.17. The summed E-state index contributed by atoms with van der Waals surface area (Å²) in [6, 6.07) is 58.1. The first kappa shape index (κ1) is 24.2. The van der Waals surface area contributed by atoms with Crippen LogP contribution in [-0.2, 0) is 0 Å². The SMILES string of the molecule is c1ccc(-c2cccc(N(c3cccc(-c4cccc5ccccc45)c3)c3ccc4oc5ccccc5c4c3)c2)cc1. The molecular weight excluding hydrogens is 510 g/mol. The average Bonchev–Trinajstić information content (AvgIpc) is 3.43. The molecule has 0 fully saturated rings. The van der Waals surface area contributed by atoms with Crippen LogP contribution in [0.25, 0.3) is 55.0 Å². The third-order valence-corrected chi connectivity index (χ3v) is 8.03. The number of benzene rings is 7. The minimum Gasteiger partial charge on any atom is -0.456 e. The summed E-state index contributed by atoms with van der Waals surface area (Å²) in [5.41, 5.74) is 9.85. The van der Waals surface area contributed by atoms with Crippen molar-refractivity contribution in [2.24, 2.45) is 0 Å². The van der Waals surface area contributed by atoms with Gasteiger partial charge in [0.15, 0.2) is 0 Å². The maximum Gasteiger partial charge on any atom is 0.135 e. The van der Waals surface area contributed by atoms with E-state index in [9.17, 15) is 0 Å². The Kier molecular flexibility index (Phi) is 5.82. The van der Waals surface area contributed by atoms with Gasteiger partial charge in [0.05, 0.1) is 0 Å². The standard InChI is InChI=1S/C40H27NO/c1-2-11-28(12-3-1)30-15-8-17-32(25-30)41(34-23-24-40-38(27-34)37-20-6-7-22-39(37)42-40)33-18-9-16-31(26-33)36-21-10-14-29-13-4-5-19-35(29)36/h1-27H. The Labute approximate surface area is 244 Å². The lowest BCUT2D eigenvalue weighted by molar-refractivity contribution is 0.669. The van der Waals surface area contributed by atoms with Crippen molar-refractivity contribution in [2.45, 2.75) is 0 Å². The molecule has 0 aliphatic rings. The van der Waals surface area contributed by atoms with Gasteiger partial charge in [-0.3, -0.25) is 0 Å². The molecule has 2 nitrogen and oxygen atoms in total. The van der Waals surface area contributed by atoms with Crippen molar-refractivity contribution in [2.75, 3.05) is 4.90 Å². The first-order valence-electron chi connectivity index (χ1n) is 14.3. The van der Waals surface area contributed by atoms with Crippen LogP contribution >= 0.6 is 0 Å². The van der Waals surface area contributed by atoms with E-state index >= 15 is 0 Å². The van der Waals surface area contributed by atoms with Crippen molar-refractivity contribution in [3.63, 3.8) is 0 Å². The predicted octanol–water partition coefficient (Wildman–Crippen LogP) is 11.5. The first-order chi connectivity index (χ1) is 20.8. The Morgan fingerprint density at radius 1 is 0.357 bits per heavy atom. The zero-order valence-electron chi connectivity index (χ0n) is 22.9. The summed E-state index contributed by atoms with van der Waals surface area (Å²) in [7, 11) is 0. The average molecular weight is 538 g/mol. The third-order valence-electron chi connectivity index (χ3n) is 8.03. The number of fused-ring (bicyclic) bond motifs is 4. The number of rotatable bonds is 5. The van der Waals surface area contributed by atoms with Crippen LogP contribution in [-0.4, -0.2) is 0 Å². The van der Waals surface area contributed by atoms with E-state index in [-0.39, 0.29) is 0 Å². The lowest BCUT2D eigenvalue weighted by atomic mass is 9.97. The molecule has 0 saturated carbocycles. The topological polar surface area (TPSA) is 16.4 Å². The van der Waals surface area contributed by atoms with Crippen molar-refractivity contribution in [3.8, 4) is 22.3 Å². The van der Waals surface area contributed by atoms with Crippen molar-refractivity contribution >= 4 is 49.8 Å². The van der Waals surface area contributed by atoms with Gasteiger partial charge in [-0.1, -0.05) is 115 Å². The lowest BCUT2D eigenvalue weighted by Crippen LogP contribution is -2.10. The summed E-state index contributed by atoms with van der Waals surface area (Å²) in [5.74, 6) is 0. The molecule has 0 aliphatic heterocycles. The molecule has 7 aromatic carbocycles. The van der Waals surface area contributed by atoms with Gasteiger partial charge in [0.1, 0.15) is 11.2 Å². The lowest BCUT2D eigenvalue weighted by Gasteiger charge is -2.26. The Hall–Kier alpha value is -5.60. The van der Waals surface area contributed by atoms with E-state index in [1.807, 2.05) is 12.1 Å². The van der Waals surface area contributed by atoms with Gasteiger partial charge < -0.3 is 9.32 Å². The highest BCUT2D eigenvalue weighted by atomic mass is 16.3. The van der Waals surface area contributed by atoms with Crippen molar-refractivity contribution in [1.29, 1.82) is 0 Å². The van der Waals surface area contributed by atoms with Gasteiger partial charge in [0.25, 0.3) is 0 Å². The Morgan fingerprint density at radius 3 is 1.81 bits per heavy atom. The van der Waals surface area contributed by atoms with Crippen LogP contribution in [0.2, 0.25) is 0 Å². The highest BCUT2D eigenvalue weighted by Gasteiger charge is 2.17. The van der Waals surface area contributed by atoms with E-state index < -0.39 is 0 Å². The van der Waals surface area contributed by atoms with E-state index in [1.165, 1.54) is 33.0 Å². The van der Waals surface area contributed by atoms with E-state index in [1.54, 1.807) is 0 Å². The molecule has 8 rings (SSSR count). The molecule has 0 amide bonds. The minimum atomic E-state index is 0.891. The highest BCUT2D eigenvalue weighted by molar-refractivity contribution is 6.06. The van der Waals surface area contributed by atoms with Crippen LogP contribution in [0.15, 0.2) is 168 Å². The molecule has 0 N–H and O–H groups in total. The molecule has 1 heterocycles. The first-order valence-corrected chi connectivity index (χ1v) is 14.3. The smallest absolute Gasteiger partial charge is 0.135 e. The minimum absolute atomic E-state index is 0.891. The zero-order chi connectivity index (χ0) is 27.9. The summed E-state index contributed by atoms with van der Waals surface area (Å²) in [6.07, 6.45) is 0. The number of para-hydroxylation sites is 1. The molecule has 1 aromatic heterocycles. The van der Waals surface area contributed by atoms with Gasteiger partial charge in [-0.15, -0.1) is 0 Å². The Morgan fingerprint density at radius 2 is 0.952 bits per heavy atom. The van der Waals surface area contributed by atoms with Crippen LogP contribution in [0.3, 0.4) is 0 Å². The molecule has 2 heteroatoms. The third kappa shape index (κ3) is 4.22. The van der Waals surface area contributed by atoms with E-state index in [0.29, 0.717) is 0 Å². The van der Waals surface area contributed by atoms with Gasteiger partial charge in [0, 0.05) is 27.8 Å². The van der Waals surface area contributed by atoms with Crippen LogP contribution < -0.4 is 4.90 Å². The van der Waals surface area contributed by atoms with E-state index in [4.69, 9.17) is 4.42 Å². The molecule has 0 saturated heterocycles. The van der Waals surface area contributed by atoms with Crippen molar-refractivity contribution in [1.82, 2.24) is 0 Å². The van der Waals surface area contributed by atoms with Crippen LogP contribution in [0.5, 0.6) is 0 Å². The second-order valence-corrected chi connectivity index (χ2v) is 10.6. The molecule has 42 heavy (non-hydrogen) atoms. The maximum absolute atomic E-state index is 6.17. The fourth-order valence-corrected chi connectivity index (χ4v) is 6.05. The normalized spacial score (nSPS) is 11.3. The summed E-state index contributed by atoms with van der Waals surface area (Å²) >= 11 is 0. The summed E-state index contributed by atoms with van der Waals surface area (Å²) in [5, 5.41) is 4.72. The monoisotopic (exact) mass is 537 g/mol. The zero-order valence-corrected chi connectivity index (χ0v) is 22.9. The van der Waals surface area contributed by atoms with Crippen molar-refractivity contribution < 1.29 is 4.42 Å². The molecule has 0 spiro atoms. The molecule has 0 radical (unpaired) electrons. The molecule has 198 valence electrons. The molecule has 0 unspecified atom stereocenters. The molecule has 0 aliphatic carbocycles. The Balaban J connectivity index is 1.34. The molecule has 0 bridgehead atoms. The van der Waals surface area contributed by atoms with Gasteiger partial charge >= 0.3 is 0 Å². The van der Waals surface area contributed by atoms with Gasteiger partial charge in [-0.05, 0) is 81.6 Å². The fraction of sp³-hybridized carbons (Fsp3) is 0. The van der Waals surface area contributed by atoms with Crippen LogP contribution in [0.1, 0.15) is 0 Å². The van der Waals surface area contributed by atoms with Gasteiger partial charge in [-0.2, -0.15) is 0 Å². The van der Waals surface area contributed by atoms with E-state index in [2.05, 4.69) is 157 Å². The summed E-state index contributed by atoms with van der Waals surface area (Å²) in [6.45, 7) is 0. The summed E-state index contributed by atoms with van der Waals surface area (Å²) < 4.78 is 6.17. The van der Waals surface area contributed by atoms with Gasteiger partial charge in [-0.25, -0.2) is 0 Å². The summed E-state index contributed by atoms with van der Waals surface area (Å²) in [4.78, 5) is 2.35.